The van der Waals surface area contributed by atoms with Crippen LogP contribution in [0.1, 0.15) is 16.8 Å². The number of hydrogen-bond acceptors (Lipinski definition) is 7. The molecule has 0 saturated carbocycles. The van der Waals surface area contributed by atoms with E-state index in [9.17, 15) is 18.0 Å². The lowest BCUT2D eigenvalue weighted by Gasteiger charge is -2.31. The van der Waals surface area contributed by atoms with E-state index in [1.54, 1.807) is 12.3 Å². The van der Waals surface area contributed by atoms with Crippen molar-refractivity contribution in [3.8, 4) is 5.75 Å². The second kappa shape index (κ2) is 15.4. The number of rotatable bonds is 13. The molecular weight excluding hydrogens is 592 g/mol. The van der Waals surface area contributed by atoms with E-state index in [0.29, 0.717) is 44.2 Å². The molecule has 234 valence electrons. The second-order valence-electron chi connectivity index (χ2n) is 10.5. The Morgan fingerprint density at radius 2 is 1.51 bits per heavy atom. The average molecular weight is 629 g/mol. The molecule has 1 saturated heterocycles. The van der Waals surface area contributed by atoms with E-state index in [-0.39, 0.29) is 30.5 Å². The molecule has 10 nitrogen and oxygen atoms in total. The molecule has 1 atom stereocenters. The fourth-order valence-corrected chi connectivity index (χ4v) is 6.41. The van der Waals surface area contributed by atoms with Crippen molar-refractivity contribution >= 4 is 21.8 Å². The fourth-order valence-electron chi connectivity index (χ4n) is 5.00. The quantitative estimate of drug-likeness (QED) is 0.241. The molecule has 0 bridgehead atoms. The van der Waals surface area contributed by atoms with Gasteiger partial charge in [-0.2, -0.15) is 4.31 Å². The Morgan fingerprint density at radius 1 is 0.867 bits per heavy atom. The third-order valence-corrected chi connectivity index (χ3v) is 9.34. The normalized spacial score (nSPS) is 14.3. The summed E-state index contributed by atoms with van der Waals surface area (Å²) in [4.78, 5) is 33.6. The van der Waals surface area contributed by atoms with Crippen molar-refractivity contribution in [2.45, 2.75) is 30.4 Å². The largest absolute Gasteiger partial charge is 0.484 e. The van der Waals surface area contributed by atoms with Crippen molar-refractivity contribution < 1.29 is 27.5 Å². The van der Waals surface area contributed by atoms with Crippen molar-refractivity contribution in [2.75, 3.05) is 32.9 Å². The van der Waals surface area contributed by atoms with Gasteiger partial charge in [0.15, 0.2) is 6.61 Å². The standard InChI is InChI=1S/C34H36N4O6S/c39-33(26-44-30-14-16-31(17-15-30)45(41,42)37-19-21-43-22-20-37)38(25-28-11-5-2-6-12-28)32(23-27-9-3-1-4-10-27)34(40)36-24-29-13-7-8-18-35-29/h1-18,32H,19-26H2,(H,36,40)/t32-/m1/s1. The highest BCUT2D eigenvalue weighted by Gasteiger charge is 2.31. The van der Waals surface area contributed by atoms with Crippen LogP contribution in [0.2, 0.25) is 0 Å². The van der Waals surface area contributed by atoms with Gasteiger partial charge in [-0.1, -0.05) is 66.7 Å². The van der Waals surface area contributed by atoms with E-state index < -0.39 is 22.0 Å². The Kier molecular flexibility index (Phi) is 10.9. The maximum absolute atomic E-state index is 13.9. The third-order valence-electron chi connectivity index (χ3n) is 7.43. The first-order valence-corrected chi connectivity index (χ1v) is 16.2. The van der Waals surface area contributed by atoms with Crippen molar-refractivity contribution in [2.24, 2.45) is 0 Å². The first kappa shape index (κ1) is 31.8. The monoisotopic (exact) mass is 628 g/mol. The van der Waals surface area contributed by atoms with Gasteiger partial charge in [-0.3, -0.25) is 14.6 Å². The number of nitrogens with one attached hydrogen (secondary N) is 1. The van der Waals surface area contributed by atoms with Crippen LogP contribution in [0.3, 0.4) is 0 Å². The van der Waals surface area contributed by atoms with Crippen LogP contribution in [0.15, 0.2) is 114 Å². The Balaban J connectivity index is 1.34. The predicted octanol–water partition coefficient (Wildman–Crippen LogP) is 3.44. The highest BCUT2D eigenvalue weighted by atomic mass is 32.2. The van der Waals surface area contributed by atoms with Gasteiger partial charge in [0.2, 0.25) is 15.9 Å². The summed E-state index contributed by atoms with van der Waals surface area (Å²) in [5, 5.41) is 2.96. The van der Waals surface area contributed by atoms with Crippen molar-refractivity contribution in [1.29, 1.82) is 0 Å². The maximum atomic E-state index is 13.9. The number of hydrogen-bond donors (Lipinski definition) is 1. The van der Waals surface area contributed by atoms with Crippen LogP contribution in [0, 0.1) is 0 Å². The number of morpholine rings is 1. The Bertz CT molecular complexity index is 1630. The van der Waals surface area contributed by atoms with Gasteiger partial charge in [0.25, 0.3) is 5.91 Å². The molecule has 1 fully saturated rings. The molecule has 11 heteroatoms. The second-order valence-corrected chi connectivity index (χ2v) is 12.5. The van der Waals surface area contributed by atoms with Gasteiger partial charge >= 0.3 is 0 Å². The molecule has 0 unspecified atom stereocenters. The summed E-state index contributed by atoms with van der Waals surface area (Å²) in [5.74, 6) is -0.368. The van der Waals surface area contributed by atoms with E-state index >= 15 is 0 Å². The SMILES string of the molecule is O=C(NCc1ccccn1)[C@@H](Cc1ccccc1)N(Cc1ccccc1)C(=O)COc1ccc(S(=O)(=O)N2CCOCC2)cc1. The van der Waals surface area contributed by atoms with E-state index in [1.165, 1.54) is 33.5 Å². The lowest BCUT2D eigenvalue weighted by molar-refractivity contribution is -0.142. The number of ether oxygens (including phenoxy) is 2. The van der Waals surface area contributed by atoms with Gasteiger partial charge in [-0.05, 0) is 47.5 Å². The average Bonchev–Trinajstić information content (AvgIpc) is 3.09. The van der Waals surface area contributed by atoms with E-state index in [1.807, 2.05) is 72.8 Å². The lowest BCUT2D eigenvalue weighted by atomic mass is 10.0. The zero-order valence-corrected chi connectivity index (χ0v) is 25.6. The Labute approximate surface area is 263 Å². The molecule has 4 aromatic rings. The first-order valence-electron chi connectivity index (χ1n) is 14.8. The van der Waals surface area contributed by atoms with Gasteiger partial charge in [0.05, 0.1) is 30.3 Å². The van der Waals surface area contributed by atoms with Crippen LogP contribution < -0.4 is 10.1 Å². The lowest BCUT2D eigenvalue weighted by Crippen LogP contribution is -2.51. The first-order chi connectivity index (χ1) is 21.9. The highest BCUT2D eigenvalue weighted by Crippen LogP contribution is 2.21. The molecule has 0 aliphatic carbocycles. The summed E-state index contributed by atoms with van der Waals surface area (Å²) >= 11 is 0. The van der Waals surface area contributed by atoms with Crippen LogP contribution in [0.5, 0.6) is 5.75 Å². The molecule has 2 amide bonds. The van der Waals surface area contributed by atoms with Crippen LogP contribution in [0.25, 0.3) is 0 Å². The third kappa shape index (κ3) is 8.75. The topological polar surface area (TPSA) is 118 Å². The molecule has 0 radical (unpaired) electrons. The van der Waals surface area contributed by atoms with Crippen LogP contribution >= 0.6 is 0 Å². The summed E-state index contributed by atoms with van der Waals surface area (Å²) in [7, 11) is -3.66. The number of sulfonamides is 1. The zero-order valence-electron chi connectivity index (χ0n) is 24.8. The number of aromatic nitrogens is 1. The number of carbonyl (C=O) groups excluding carboxylic acids is 2. The van der Waals surface area contributed by atoms with Gasteiger partial charge < -0.3 is 19.7 Å². The molecule has 1 N–H and O–H groups in total. The van der Waals surface area contributed by atoms with E-state index in [0.717, 1.165) is 11.1 Å². The van der Waals surface area contributed by atoms with Crippen molar-refractivity contribution in [3.05, 3.63) is 126 Å². The van der Waals surface area contributed by atoms with Crippen molar-refractivity contribution in [3.63, 3.8) is 0 Å². The minimum absolute atomic E-state index is 0.140. The predicted molar refractivity (Wildman–Crippen MR) is 169 cm³/mol. The van der Waals surface area contributed by atoms with Crippen LogP contribution in [-0.2, 0) is 43.9 Å². The summed E-state index contributed by atoms with van der Waals surface area (Å²) in [6.45, 7) is 1.37. The number of pyridine rings is 1. The van der Waals surface area contributed by atoms with Gasteiger partial charge in [0, 0.05) is 32.3 Å². The summed E-state index contributed by atoms with van der Waals surface area (Å²) < 4.78 is 38.5. The molecule has 1 aliphatic heterocycles. The fraction of sp³-hybridized carbons (Fsp3) is 0.265. The molecule has 1 aliphatic rings. The molecule has 2 heterocycles. The van der Waals surface area contributed by atoms with Crippen LogP contribution in [-0.4, -0.2) is 73.4 Å². The van der Waals surface area contributed by atoms with Gasteiger partial charge in [0.1, 0.15) is 11.8 Å². The molecule has 5 rings (SSSR count). The molecule has 0 spiro atoms. The number of carbonyl (C=O) groups is 2. The van der Waals surface area contributed by atoms with E-state index in [4.69, 9.17) is 9.47 Å². The molecular formula is C34H36N4O6S. The van der Waals surface area contributed by atoms with Crippen LogP contribution in [0.4, 0.5) is 0 Å². The molecule has 1 aromatic heterocycles. The van der Waals surface area contributed by atoms with Gasteiger partial charge in [-0.15, -0.1) is 0 Å². The molecule has 45 heavy (non-hydrogen) atoms. The number of nitrogens with zero attached hydrogens (tertiary/aromatic N) is 3. The summed E-state index contributed by atoms with van der Waals surface area (Å²) in [6, 6.07) is 29.6. The molecule has 3 aromatic carbocycles. The Hall–Kier alpha value is -4.58. The number of amides is 2. The summed E-state index contributed by atoms with van der Waals surface area (Å²) in [6.07, 6.45) is 1.96. The van der Waals surface area contributed by atoms with E-state index in [2.05, 4.69) is 10.3 Å². The van der Waals surface area contributed by atoms with Crippen molar-refractivity contribution in [1.82, 2.24) is 19.5 Å². The smallest absolute Gasteiger partial charge is 0.261 e. The van der Waals surface area contributed by atoms with Gasteiger partial charge in [-0.25, -0.2) is 8.42 Å². The summed E-state index contributed by atoms with van der Waals surface area (Å²) in [5.41, 5.74) is 2.46. The minimum Gasteiger partial charge on any atom is -0.484 e. The Morgan fingerprint density at radius 3 is 2.16 bits per heavy atom. The minimum atomic E-state index is -3.66. The zero-order chi connectivity index (χ0) is 31.5. The number of benzene rings is 3. The highest BCUT2D eigenvalue weighted by molar-refractivity contribution is 7.89. The maximum Gasteiger partial charge on any atom is 0.261 e.